The molecule has 0 unspecified atom stereocenters. The Morgan fingerprint density at radius 3 is 3.00 bits per heavy atom. The molecule has 1 aliphatic rings. The molecule has 2 aromatic rings. The predicted octanol–water partition coefficient (Wildman–Crippen LogP) is 2.67. The van der Waals surface area contributed by atoms with Crippen LogP contribution in [-0.4, -0.2) is 28.0 Å². The van der Waals surface area contributed by atoms with E-state index in [2.05, 4.69) is 10.3 Å². The number of fused-ring (bicyclic) bond motifs is 1. The molecule has 0 aromatic carbocycles. The third-order valence-electron chi connectivity index (χ3n) is 3.90. The molecule has 6 heteroatoms. The molecule has 3 rings (SSSR count). The number of aliphatic carboxylic acids is 1. The maximum Gasteiger partial charge on any atom is 0.303 e. The summed E-state index contributed by atoms with van der Waals surface area (Å²) in [5.74, 6) is -0.429. The minimum Gasteiger partial charge on any atom is -0.481 e. The maximum atomic E-state index is 12.1. The van der Waals surface area contributed by atoms with E-state index < -0.39 is 5.97 Å². The Labute approximate surface area is 126 Å². The molecule has 110 valence electrons. The van der Waals surface area contributed by atoms with Crippen LogP contribution >= 0.6 is 11.3 Å². The summed E-state index contributed by atoms with van der Waals surface area (Å²) in [6, 6.07) is 3.96. The smallest absolute Gasteiger partial charge is 0.303 e. The lowest BCUT2D eigenvalue weighted by atomic mass is 9.77. The van der Waals surface area contributed by atoms with E-state index in [1.165, 1.54) is 0 Å². The van der Waals surface area contributed by atoms with Crippen molar-refractivity contribution in [3.8, 4) is 0 Å². The van der Waals surface area contributed by atoms with Crippen molar-refractivity contribution in [1.29, 1.82) is 0 Å². The van der Waals surface area contributed by atoms with Crippen LogP contribution in [0.5, 0.6) is 0 Å². The lowest BCUT2D eigenvalue weighted by molar-refractivity contribution is -0.137. The molecule has 0 radical (unpaired) electrons. The Morgan fingerprint density at radius 2 is 2.24 bits per heavy atom. The number of nitrogens with one attached hydrogen (secondary N) is 1. The second-order valence-electron chi connectivity index (χ2n) is 5.47. The lowest BCUT2D eigenvalue weighted by Crippen LogP contribution is -2.44. The van der Waals surface area contributed by atoms with Crippen LogP contribution in [0, 0.1) is 5.92 Å². The van der Waals surface area contributed by atoms with E-state index in [0.29, 0.717) is 17.9 Å². The van der Waals surface area contributed by atoms with Gasteiger partial charge >= 0.3 is 5.97 Å². The number of amides is 1. The van der Waals surface area contributed by atoms with E-state index in [4.69, 9.17) is 5.11 Å². The van der Waals surface area contributed by atoms with Gasteiger partial charge < -0.3 is 10.4 Å². The third-order valence-corrected chi connectivity index (χ3v) is 4.76. The third kappa shape index (κ3) is 3.21. The largest absolute Gasteiger partial charge is 0.481 e. The highest BCUT2D eigenvalue weighted by molar-refractivity contribution is 7.17. The van der Waals surface area contributed by atoms with E-state index in [-0.39, 0.29) is 18.4 Å². The van der Waals surface area contributed by atoms with Gasteiger partial charge in [0.1, 0.15) is 0 Å². The Balaban J connectivity index is 1.52. The van der Waals surface area contributed by atoms with Crippen molar-refractivity contribution in [3.05, 3.63) is 29.3 Å². The van der Waals surface area contributed by atoms with Crippen molar-refractivity contribution in [2.45, 2.75) is 31.7 Å². The number of carbonyl (C=O) groups is 2. The highest BCUT2D eigenvalue weighted by Gasteiger charge is 2.30. The molecule has 0 atom stereocenters. The Morgan fingerprint density at radius 1 is 1.43 bits per heavy atom. The average Bonchev–Trinajstić information content (AvgIpc) is 2.87. The zero-order chi connectivity index (χ0) is 14.8. The number of rotatable bonds is 5. The Hall–Kier alpha value is -1.95. The molecule has 21 heavy (non-hydrogen) atoms. The first-order valence-corrected chi connectivity index (χ1v) is 7.85. The van der Waals surface area contributed by atoms with Crippen molar-refractivity contribution in [2.24, 2.45) is 5.92 Å². The zero-order valence-corrected chi connectivity index (χ0v) is 12.2. The summed E-state index contributed by atoms with van der Waals surface area (Å²) in [6.07, 6.45) is 4.25. The number of hydrogen-bond acceptors (Lipinski definition) is 4. The summed E-state index contributed by atoms with van der Waals surface area (Å²) < 4.78 is 1.01. The lowest BCUT2D eigenvalue weighted by Gasteiger charge is -2.35. The van der Waals surface area contributed by atoms with Gasteiger partial charge in [0, 0.05) is 18.7 Å². The molecule has 2 aromatic heterocycles. The van der Waals surface area contributed by atoms with Crippen molar-refractivity contribution < 1.29 is 14.7 Å². The fourth-order valence-electron chi connectivity index (χ4n) is 2.66. The minimum atomic E-state index is -0.752. The topological polar surface area (TPSA) is 79.3 Å². The molecular formula is C15H16N2O3S. The molecule has 5 nitrogen and oxygen atoms in total. The summed E-state index contributed by atoms with van der Waals surface area (Å²) >= 11 is 1.57. The van der Waals surface area contributed by atoms with E-state index in [1.54, 1.807) is 17.5 Å². The summed E-state index contributed by atoms with van der Waals surface area (Å²) in [5.41, 5.74) is 1.49. The first-order valence-electron chi connectivity index (χ1n) is 6.97. The molecular weight excluding hydrogens is 288 g/mol. The van der Waals surface area contributed by atoms with Gasteiger partial charge in [0.15, 0.2) is 0 Å². The molecule has 1 aliphatic carbocycles. The highest BCUT2D eigenvalue weighted by Crippen LogP contribution is 2.31. The number of nitrogens with zero attached hydrogens (tertiary/aromatic N) is 1. The maximum absolute atomic E-state index is 12.1. The van der Waals surface area contributed by atoms with Gasteiger partial charge in [-0.2, -0.15) is 0 Å². The molecule has 1 saturated carbocycles. The minimum absolute atomic E-state index is 0.0977. The van der Waals surface area contributed by atoms with Gasteiger partial charge in [-0.05, 0) is 42.7 Å². The fourth-order valence-corrected chi connectivity index (χ4v) is 3.44. The number of thiophene rings is 1. The normalized spacial score (nSPS) is 21.0. The first-order chi connectivity index (χ1) is 10.1. The van der Waals surface area contributed by atoms with Gasteiger partial charge in [0.05, 0.1) is 15.8 Å². The standard InChI is InChI=1S/C15H16N2O3S/c18-14(19)2-1-9-5-11(6-9)17-15(20)10-7-13-12(16-8-10)3-4-21-13/h3-4,7-9,11H,1-2,5-6H2,(H,17,20)(H,18,19). The van der Waals surface area contributed by atoms with Gasteiger partial charge in [-0.1, -0.05) is 0 Å². The van der Waals surface area contributed by atoms with Crippen LogP contribution in [0.3, 0.4) is 0 Å². The zero-order valence-electron chi connectivity index (χ0n) is 11.4. The van der Waals surface area contributed by atoms with Gasteiger partial charge in [0.25, 0.3) is 5.91 Å². The number of hydrogen-bond donors (Lipinski definition) is 2. The highest BCUT2D eigenvalue weighted by atomic mass is 32.1. The van der Waals surface area contributed by atoms with Crippen LogP contribution in [0.25, 0.3) is 10.2 Å². The fraction of sp³-hybridized carbons (Fsp3) is 0.400. The molecule has 0 spiro atoms. The molecule has 2 N–H and O–H groups in total. The van der Waals surface area contributed by atoms with Gasteiger partial charge in [-0.15, -0.1) is 11.3 Å². The van der Waals surface area contributed by atoms with Gasteiger partial charge in [0.2, 0.25) is 0 Å². The van der Waals surface area contributed by atoms with E-state index in [1.807, 2.05) is 17.5 Å². The van der Waals surface area contributed by atoms with Crippen LogP contribution in [0.1, 0.15) is 36.0 Å². The van der Waals surface area contributed by atoms with E-state index in [9.17, 15) is 9.59 Å². The number of aromatic nitrogens is 1. The molecule has 0 bridgehead atoms. The summed E-state index contributed by atoms with van der Waals surface area (Å²) in [4.78, 5) is 26.9. The summed E-state index contributed by atoms with van der Waals surface area (Å²) in [7, 11) is 0. The molecule has 2 heterocycles. The Kier molecular flexibility index (Phi) is 3.88. The Bertz CT molecular complexity index is 676. The number of pyridine rings is 1. The monoisotopic (exact) mass is 304 g/mol. The number of carbonyl (C=O) groups excluding carboxylic acids is 1. The first kappa shape index (κ1) is 14.0. The van der Waals surface area contributed by atoms with Crippen LogP contribution in [-0.2, 0) is 4.79 Å². The predicted molar refractivity (Wildman–Crippen MR) is 80.5 cm³/mol. The van der Waals surface area contributed by atoms with Crippen LogP contribution in [0.4, 0.5) is 0 Å². The summed E-state index contributed by atoms with van der Waals surface area (Å²) in [6.45, 7) is 0. The molecule has 0 aliphatic heterocycles. The van der Waals surface area contributed by atoms with Crippen molar-refractivity contribution in [1.82, 2.24) is 10.3 Å². The quantitative estimate of drug-likeness (QED) is 0.890. The molecule has 1 fully saturated rings. The number of carboxylic acids is 1. The molecule has 1 amide bonds. The second kappa shape index (κ2) is 5.81. The van der Waals surface area contributed by atoms with Crippen molar-refractivity contribution in [2.75, 3.05) is 0 Å². The van der Waals surface area contributed by atoms with Crippen LogP contribution < -0.4 is 5.32 Å². The van der Waals surface area contributed by atoms with Gasteiger partial charge in [-0.25, -0.2) is 0 Å². The summed E-state index contributed by atoms with van der Waals surface area (Å²) in [5, 5.41) is 13.6. The van der Waals surface area contributed by atoms with Gasteiger partial charge in [-0.3, -0.25) is 14.6 Å². The van der Waals surface area contributed by atoms with Crippen molar-refractivity contribution >= 4 is 33.4 Å². The number of carboxylic acid groups (broad SMARTS) is 1. The van der Waals surface area contributed by atoms with Crippen LogP contribution in [0.15, 0.2) is 23.7 Å². The van der Waals surface area contributed by atoms with E-state index in [0.717, 1.165) is 23.1 Å². The average molecular weight is 304 g/mol. The molecule has 0 saturated heterocycles. The SMILES string of the molecule is O=C(O)CCC1CC(NC(=O)c2cnc3ccsc3c2)C1. The second-order valence-corrected chi connectivity index (χ2v) is 6.42. The van der Waals surface area contributed by atoms with E-state index >= 15 is 0 Å². The van der Waals surface area contributed by atoms with Crippen molar-refractivity contribution in [3.63, 3.8) is 0 Å². The van der Waals surface area contributed by atoms with Crippen LogP contribution in [0.2, 0.25) is 0 Å².